The molecule has 1 fully saturated rings. The first-order valence-corrected chi connectivity index (χ1v) is 9.26. The normalized spacial score (nSPS) is 26.3. The van der Waals surface area contributed by atoms with E-state index in [0.29, 0.717) is 17.5 Å². The van der Waals surface area contributed by atoms with Crippen molar-refractivity contribution in [3.05, 3.63) is 27.1 Å². The first kappa shape index (κ1) is 16.4. The largest absolute Gasteiger partial charge is 0.377 e. The Morgan fingerprint density at radius 3 is 2.70 bits per heavy atom. The fourth-order valence-corrected chi connectivity index (χ4v) is 5.19. The molecule has 3 N–H and O–H groups in total. The summed E-state index contributed by atoms with van der Waals surface area (Å²) < 4.78 is 34.2. The van der Waals surface area contributed by atoms with Crippen LogP contribution < -0.4 is 10.5 Å². The fraction of sp³-hybridized carbons (Fsp3) is 0.500. The van der Waals surface area contributed by atoms with Gasteiger partial charge in [-0.2, -0.15) is 0 Å². The third-order valence-corrected chi connectivity index (χ3v) is 6.15. The lowest BCUT2D eigenvalue weighted by Gasteiger charge is -2.42. The molecule has 0 bridgehead atoms. The number of nitrogens with two attached hydrogens (primary N) is 1. The summed E-state index contributed by atoms with van der Waals surface area (Å²) in [7, 11) is -3.63. The topological polar surface area (TPSA) is 81.4 Å². The lowest BCUT2D eigenvalue weighted by Crippen LogP contribution is -2.64. The Kier molecular flexibility index (Phi) is 5.25. The van der Waals surface area contributed by atoms with E-state index in [2.05, 4.69) is 36.6 Å². The van der Waals surface area contributed by atoms with Crippen molar-refractivity contribution in [3.8, 4) is 0 Å². The first-order chi connectivity index (χ1) is 9.35. The molecule has 0 aliphatic heterocycles. The molecule has 8 heteroatoms. The molecule has 0 amide bonds. The average Bonchev–Trinajstić information content (AvgIpc) is 2.35. The van der Waals surface area contributed by atoms with Gasteiger partial charge in [-0.1, -0.05) is 15.9 Å². The monoisotopic (exact) mass is 426 g/mol. The van der Waals surface area contributed by atoms with E-state index in [-0.39, 0.29) is 23.1 Å². The Morgan fingerprint density at radius 1 is 1.45 bits per heavy atom. The van der Waals surface area contributed by atoms with Crippen molar-refractivity contribution in [1.82, 2.24) is 4.72 Å². The van der Waals surface area contributed by atoms with Crippen molar-refractivity contribution in [2.75, 3.05) is 6.61 Å². The van der Waals surface area contributed by atoms with Crippen molar-refractivity contribution in [2.24, 2.45) is 5.73 Å². The lowest BCUT2D eigenvalue weighted by atomic mass is 9.84. The summed E-state index contributed by atoms with van der Waals surface area (Å²) in [4.78, 5) is 0.190. The third kappa shape index (κ3) is 3.42. The molecule has 5 nitrogen and oxygen atoms in total. The van der Waals surface area contributed by atoms with Crippen molar-refractivity contribution in [1.29, 1.82) is 0 Å². The van der Waals surface area contributed by atoms with Gasteiger partial charge in [-0.05, 0) is 47.5 Å². The molecule has 112 valence electrons. The molecule has 20 heavy (non-hydrogen) atoms. The van der Waals surface area contributed by atoms with Crippen molar-refractivity contribution in [3.63, 3.8) is 0 Å². The third-order valence-electron chi connectivity index (χ3n) is 3.22. The van der Waals surface area contributed by atoms with Crippen molar-refractivity contribution < 1.29 is 13.2 Å². The van der Waals surface area contributed by atoms with Crippen LogP contribution in [0.4, 0.5) is 0 Å². The molecule has 3 atom stereocenters. The molecule has 1 aliphatic carbocycles. The SMILES string of the molecule is CCOC1CC(N)C1NS(=O)(=O)c1ccc(Br)cc1Br. The Bertz CT molecular complexity index is 592. The maximum Gasteiger partial charge on any atom is 0.242 e. The number of sulfonamides is 1. The smallest absolute Gasteiger partial charge is 0.242 e. The van der Waals surface area contributed by atoms with Gasteiger partial charge in [0.2, 0.25) is 10.0 Å². The highest BCUT2D eigenvalue weighted by molar-refractivity contribution is 9.11. The maximum atomic E-state index is 12.4. The molecule has 0 heterocycles. The van der Waals surface area contributed by atoms with Gasteiger partial charge in [0.1, 0.15) is 0 Å². The van der Waals surface area contributed by atoms with Crippen LogP contribution >= 0.6 is 31.9 Å². The van der Waals surface area contributed by atoms with Crippen LogP contribution in [0.15, 0.2) is 32.0 Å². The van der Waals surface area contributed by atoms with E-state index in [9.17, 15) is 8.42 Å². The van der Waals surface area contributed by atoms with Crippen LogP contribution in [0.25, 0.3) is 0 Å². The molecule has 3 unspecified atom stereocenters. The number of benzene rings is 1. The van der Waals surface area contributed by atoms with Crippen LogP contribution in [0.1, 0.15) is 13.3 Å². The predicted molar refractivity (Wildman–Crippen MR) is 84.0 cm³/mol. The molecule has 1 aromatic rings. The van der Waals surface area contributed by atoms with E-state index >= 15 is 0 Å². The summed E-state index contributed by atoms with van der Waals surface area (Å²) in [6.45, 7) is 2.41. The van der Waals surface area contributed by atoms with Gasteiger partial charge in [-0.15, -0.1) is 0 Å². The zero-order chi connectivity index (χ0) is 14.9. The predicted octanol–water partition coefficient (Wildman–Crippen LogP) is 1.99. The number of hydrogen-bond acceptors (Lipinski definition) is 4. The highest BCUT2D eigenvalue weighted by Gasteiger charge is 2.42. The van der Waals surface area contributed by atoms with E-state index in [1.165, 1.54) is 6.07 Å². The number of nitrogens with one attached hydrogen (secondary N) is 1. The summed E-state index contributed by atoms with van der Waals surface area (Å²) in [5, 5.41) is 0. The van der Waals surface area contributed by atoms with E-state index in [1.807, 2.05) is 6.92 Å². The Morgan fingerprint density at radius 2 is 2.15 bits per heavy atom. The van der Waals surface area contributed by atoms with Gasteiger partial charge in [-0.25, -0.2) is 13.1 Å². The molecule has 1 aliphatic rings. The van der Waals surface area contributed by atoms with Crippen LogP contribution in [0.2, 0.25) is 0 Å². The summed E-state index contributed by atoms with van der Waals surface area (Å²) in [6.07, 6.45) is 0.515. The van der Waals surface area contributed by atoms with Crippen LogP contribution in [0, 0.1) is 0 Å². The molecule has 0 aromatic heterocycles. The zero-order valence-electron chi connectivity index (χ0n) is 10.8. The molecule has 0 radical (unpaired) electrons. The molecule has 0 spiro atoms. The summed E-state index contributed by atoms with van der Waals surface area (Å²) >= 11 is 6.56. The number of halogens is 2. The average molecular weight is 428 g/mol. The standard InChI is InChI=1S/C12H16Br2N2O3S/c1-2-19-10-6-9(15)12(10)16-20(17,18)11-4-3-7(13)5-8(11)14/h3-5,9-10,12,16H,2,6,15H2,1H3. The van der Waals surface area contributed by atoms with Crippen LogP contribution in [0.5, 0.6) is 0 Å². The summed E-state index contributed by atoms with van der Waals surface area (Å²) in [5.74, 6) is 0. The molecule has 1 aromatic carbocycles. The first-order valence-electron chi connectivity index (χ1n) is 6.19. The van der Waals surface area contributed by atoms with Crippen molar-refractivity contribution in [2.45, 2.75) is 36.4 Å². The second-order valence-corrected chi connectivity index (χ2v) is 8.07. The van der Waals surface area contributed by atoms with E-state index in [0.717, 1.165) is 4.47 Å². The molecule has 0 saturated heterocycles. The van der Waals surface area contributed by atoms with Gasteiger partial charge in [0, 0.05) is 21.6 Å². The summed E-state index contributed by atoms with van der Waals surface area (Å²) in [5.41, 5.74) is 5.86. The molecular weight excluding hydrogens is 412 g/mol. The summed E-state index contributed by atoms with van der Waals surface area (Å²) in [6, 6.07) is 4.32. The Labute approximate surface area is 135 Å². The van der Waals surface area contributed by atoms with E-state index < -0.39 is 10.0 Å². The highest BCUT2D eigenvalue weighted by atomic mass is 79.9. The van der Waals surface area contributed by atoms with Gasteiger partial charge in [0.15, 0.2) is 0 Å². The quantitative estimate of drug-likeness (QED) is 0.752. The van der Waals surface area contributed by atoms with Gasteiger partial charge >= 0.3 is 0 Å². The molecule has 2 rings (SSSR count). The van der Waals surface area contributed by atoms with Gasteiger partial charge in [0.05, 0.1) is 17.0 Å². The number of rotatable bonds is 5. The van der Waals surface area contributed by atoms with Gasteiger partial charge in [-0.3, -0.25) is 0 Å². The Balaban J connectivity index is 2.18. The number of hydrogen-bond donors (Lipinski definition) is 2. The van der Waals surface area contributed by atoms with E-state index in [1.54, 1.807) is 12.1 Å². The van der Waals surface area contributed by atoms with Gasteiger partial charge in [0.25, 0.3) is 0 Å². The Hall–Kier alpha value is 0.01000. The minimum Gasteiger partial charge on any atom is -0.377 e. The van der Waals surface area contributed by atoms with Crippen molar-refractivity contribution >= 4 is 41.9 Å². The minimum absolute atomic E-state index is 0.154. The lowest BCUT2D eigenvalue weighted by molar-refractivity contribution is -0.0248. The van der Waals surface area contributed by atoms with Crippen LogP contribution in [0.3, 0.4) is 0 Å². The second kappa shape index (κ2) is 6.41. The molecule has 1 saturated carbocycles. The zero-order valence-corrected chi connectivity index (χ0v) is 14.8. The fourth-order valence-electron chi connectivity index (χ4n) is 2.13. The van der Waals surface area contributed by atoms with Gasteiger partial charge < -0.3 is 10.5 Å². The highest BCUT2D eigenvalue weighted by Crippen LogP contribution is 2.28. The van der Waals surface area contributed by atoms with Crippen LogP contribution in [-0.2, 0) is 14.8 Å². The molecular formula is C12H16Br2N2O3S. The van der Waals surface area contributed by atoms with E-state index in [4.69, 9.17) is 10.5 Å². The second-order valence-electron chi connectivity index (χ2n) is 4.62. The maximum absolute atomic E-state index is 12.4. The number of ether oxygens (including phenoxy) is 1. The van der Waals surface area contributed by atoms with Crippen LogP contribution in [-0.4, -0.2) is 33.2 Å². The minimum atomic E-state index is -3.63.